The fourth-order valence-electron chi connectivity index (χ4n) is 5.57. The van der Waals surface area contributed by atoms with Gasteiger partial charge in [-0.25, -0.2) is 0 Å². The smallest absolute Gasteiger partial charge is 0.223 e. The summed E-state index contributed by atoms with van der Waals surface area (Å²) in [5.74, 6) is -2.20. The maximum absolute atomic E-state index is 13.4. The lowest BCUT2D eigenvalue weighted by Crippen LogP contribution is -2.57. The van der Waals surface area contributed by atoms with E-state index in [4.69, 9.17) is 23.7 Å². The zero-order valence-corrected chi connectivity index (χ0v) is 16.3. The Labute approximate surface area is 163 Å². The lowest BCUT2D eigenvalue weighted by molar-refractivity contribution is -0.308. The highest BCUT2D eigenvalue weighted by Crippen LogP contribution is 2.71. The molecule has 2 saturated heterocycles. The quantitative estimate of drug-likeness (QED) is 0.741. The number of benzene rings is 1. The number of hydrogen-bond donors (Lipinski definition) is 0. The molecule has 3 aliphatic carbocycles. The van der Waals surface area contributed by atoms with Crippen LogP contribution in [0.5, 0.6) is 0 Å². The van der Waals surface area contributed by atoms with Gasteiger partial charge in [0.15, 0.2) is 11.6 Å². The summed E-state index contributed by atoms with van der Waals surface area (Å²) in [6.45, 7) is 6.30. The fraction of sp³-hybridized carbons (Fsp3) is 0.591. The molecule has 6 heteroatoms. The number of ketones is 1. The first-order valence-electron chi connectivity index (χ1n) is 9.93. The summed E-state index contributed by atoms with van der Waals surface area (Å²) in [6, 6.07) is 7.66. The lowest BCUT2D eigenvalue weighted by Gasteiger charge is -2.46. The Morgan fingerprint density at radius 3 is 2.46 bits per heavy atom. The zero-order chi connectivity index (χ0) is 19.3. The molecule has 0 amide bonds. The molecule has 0 aromatic heterocycles. The summed E-state index contributed by atoms with van der Waals surface area (Å²) >= 11 is 0. The van der Waals surface area contributed by atoms with Gasteiger partial charge < -0.3 is 23.7 Å². The molecule has 6 rings (SSSR count). The third-order valence-electron chi connectivity index (χ3n) is 6.84. The van der Waals surface area contributed by atoms with Gasteiger partial charge in [0.25, 0.3) is 0 Å². The third kappa shape index (κ3) is 1.88. The Balaban J connectivity index is 1.54. The van der Waals surface area contributed by atoms with Gasteiger partial charge in [0.2, 0.25) is 5.79 Å². The van der Waals surface area contributed by atoms with Crippen LogP contribution in [0.2, 0.25) is 0 Å². The van der Waals surface area contributed by atoms with E-state index in [1.165, 1.54) is 0 Å². The number of ether oxygens (including phenoxy) is 5. The number of rotatable bonds is 1. The van der Waals surface area contributed by atoms with Gasteiger partial charge in [-0.1, -0.05) is 38.1 Å². The van der Waals surface area contributed by atoms with Gasteiger partial charge in [-0.3, -0.25) is 4.79 Å². The molecule has 148 valence electrons. The molecular weight excluding hydrogens is 360 g/mol. The molecular formula is C22H24O6. The van der Waals surface area contributed by atoms with E-state index in [1.54, 1.807) is 7.11 Å². The van der Waals surface area contributed by atoms with E-state index in [2.05, 4.69) is 13.8 Å². The first kappa shape index (κ1) is 17.3. The summed E-state index contributed by atoms with van der Waals surface area (Å²) in [7, 11) is 1.62. The van der Waals surface area contributed by atoms with E-state index >= 15 is 0 Å². The van der Waals surface area contributed by atoms with Crippen molar-refractivity contribution in [2.75, 3.05) is 33.5 Å². The van der Waals surface area contributed by atoms with E-state index < -0.39 is 11.6 Å². The van der Waals surface area contributed by atoms with Gasteiger partial charge in [-0.05, 0) is 5.56 Å². The molecule has 0 N–H and O–H groups in total. The SMILES string of the molecule is CO[C@@]12OCCO[C@H]1[C@H]1[C@@H](C3=C2c2ccccc2C3=O)C12OCC(C)(C)CO2. The van der Waals surface area contributed by atoms with Crippen molar-refractivity contribution in [3.8, 4) is 0 Å². The molecule has 1 aromatic rings. The molecule has 2 aliphatic heterocycles. The van der Waals surface area contributed by atoms with Crippen molar-refractivity contribution in [2.24, 2.45) is 17.3 Å². The van der Waals surface area contributed by atoms with E-state index in [1.807, 2.05) is 24.3 Å². The second kappa shape index (κ2) is 5.32. The number of fused-ring (bicyclic) bond motifs is 9. The minimum Gasteiger partial charge on any atom is -0.369 e. The van der Waals surface area contributed by atoms with Crippen LogP contribution < -0.4 is 0 Å². The maximum atomic E-state index is 13.4. The summed E-state index contributed by atoms with van der Waals surface area (Å²) in [4.78, 5) is 13.4. The van der Waals surface area contributed by atoms with Crippen molar-refractivity contribution < 1.29 is 28.5 Å². The van der Waals surface area contributed by atoms with Crippen molar-refractivity contribution in [1.29, 1.82) is 0 Å². The molecule has 1 aromatic carbocycles. The molecule has 28 heavy (non-hydrogen) atoms. The molecule has 5 aliphatic rings. The highest BCUT2D eigenvalue weighted by molar-refractivity contribution is 6.22. The van der Waals surface area contributed by atoms with E-state index in [0.29, 0.717) is 32.0 Å². The Morgan fingerprint density at radius 1 is 1.04 bits per heavy atom. The van der Waals surface area contributed by atoms with Gasteiger partial charge in [0.05, 0.1) is 38.3 Å². The van der Waals surface area contributed by atoms with Crippen LogP contribution in [0.3, 0.4) is 0 Å². The van der Waals surface area contributed by atoms with Crippen molar-refractivity contribution in [3.05, 3.63) is 41.0 Å². The molecule has 1 spiro atoms. The summed E-state index contributed by atoms with van der Waals surface area (Å²) in [5, 5.41) is 0. The van der Waals surface area contributed by atoms with E-state index in [0.717, 1.165) is 16.7 Å². The largest absolute Gasteiger partial charge is 0.369 e. The van der Waals surface area contributed by atoms with Crippen molar-refractivity contribution in [2.45, 2.75) is 31.5 Å². The minimum atomic E-state index is -1.11. The predicted molar refractivity (Wildman–Crippen MR) is 98.5 cm³/mol. The summed E-state index contributed by atoms with van der Waals surface area (Å²) in [6.07, 6.45) is -0.379. The molecule has 1 saturated carbocycles. The normalized spacial score (nSPS) is 39.2. The molecule has 2 heterocycles. The van der Waals surface area contributed by atoms with Crippen LogP contribution in [-0.4, -0.2) is 57.0 Å². The predicted octanol–water partition coefficient (Wildman–Crippen LogP) is 2.42. The van der Waals surface area contributed by atoms with Crippen LogP contribution in [0.1, 0.15) is 29.8 Å². The molecule has 6 nitrogen and oxygen atoms in total. The monoisotopic (exact) mass is 384 g/mol. The number of hydrogen-bond acceptors (Lipinski definition) is 6. The average molecular weight is 384 g/mol. The van der Waals surface area contributed by atoms with Gasteiger partial charge in [0.1, 0.15) is 6.10 Å². The molecule has 0 bridgehead atoms. The Hall–Kier alpha value is -1.57. The first-order chi connectivity index (χ1) is 13.5. The number of Topliss-reactive ketones (excluding diaryl/α,β-unsaturated/α-hetero) is 1. The molecule has 3 fully saturated rings. The van der Waals surface area contributed by atoms with Gasteiger partial charge in [-0.2, -0.15) is 0 Å². The third-order valence-corrected chi connectivity index (χ3v) is 6.84. The van der Waals surface area contributed by atoms with Crippen molar-refractivity contribution in [3.63, 3.8) is 0 Å². The molecule has 0 unspecified atom stereocenters. The topological polar surface area (TPSA) is 63.2 Å². The van der Waals surface area contributed by atoms with Crippen molar-refractivity contribution >= 4 is 11.4 Å². The van der Waals surface area contributed by atoms with Crippen LogP contribution in [0.4, 0.5) is 0 Å². The summed E-state index contributed by atoms with van der Waals surface area (Å²) in [5.41, 5.74) is 3.02. The van der Waals surface area contributed by atoms with Crippen LogP contribution in [0, 0.1) is 17.3 Å². The fourth-order valence-corrected chi connectivity index (χ4v) is 5.57. The van der Waals surface area contributed by atoms with Crippen molar-refractivity contribution in [1.82, 2.24) is 0 Å². The van der Waals surface area contributed by atoms with Crippen LogP contribution in [-0.2, 0) is 23.7 Å². The number of methoxy groups -OCH3 is 1. The van der Waals surface area contributed by atoms with Gasteiger partial charge in [0, 0.05) is 29.2 Å². The molecule has 4 atom stereocenters. The van der Waals surface area contributed by atoms with Gasteiger partial charge >= 0.3 is 0 Å². The molecule has 0 radical (unpaired) electrons. The van der Waals surface area contributed by atoms with Crippen LogP contribution >= 0.6 is 0 Å². The van der Waals surface area contributed by atoms with E-state index in [9.17, 15) is 4.79 Å². The Morgan fingerprint density at radius 2 is 1.75 bits per heavy atom. The second-order valence-corrected chi connectivity index (χ2v) is 9.14. The zero-order valence-electron chi connectivity index (χ0n) is 16.3. The highest BCUT2D eigenvalue weighted by atomic mass is 16.7. The first-order valence-corrected chi connectivity index (χ1v) is 9.93. The second-order valence-electron chi connectivity index (χ2n) is 9.14. The van der Waals surface area contributed by atoms with E-state index in [-0.39, 0.29) is 29.1 Å². The number of carbonyl (C=O) groups is 1. The highest BCUT2D eigenvalue weighted by Gasteiger charge is 2.81. The Bertz CT molecular complexity index is 907. The summed E-state index contributed by atoms with van der Waals surface area (Å²) < 4.78 is 31.1. The minimum absolute atomic E-state index is 0.0264. The lowest BCUT2D eigenvalue weighted by atomic mass is 9.83. The maximum Gasteiger partial charge on any atom is 0.223 e. The average Bonchev–Trinajstić information content (AvgIpc) is 3.25. The van der Waals surface area contributed by atoms with Gasteiger partial charge in [-0.15, -0.1) is 0 Å². The number of carbonyl (C=O) groups excluding carboxylic acids is 1. The Kier molecular flexibility index (Phi) is 3.29. The standard InChI is InChI=1S/C22H24O6/c1-20(2)10-27-21(28-11-20)16-14-15(12-6-4-5-7-13(12)18(14)23)22(24-3)19(17(16)21)25-8-9-26-22/h4-7,16-17,19H,8-11H2,1-3H3/t16-,17-,19+,22+/m1/s1. The van der Waals surface area contributed by atoms with Crippen LogP contribution in [0.25, 0.3) is 5.57 Å². The van der Waals surface area contributed by atoms with Crippen LogP contribution in [0.15, 0.2) is 29.8 Å².